The van der Waals surface area contributed by atoms with E-state index in [1.807, 2.05) is 71.3 Å². The van der Waals surface area contributed by atoms with Crippen molar-refractivity contribution in [1.29, 1.82) is 5.26 Å². The van der Waals surface area contributed by atoms with Crippen molar-refractivity contribution in [2.75, 3.05) is 33.2 Å². The Morgan fingerprint density at radius 3 is 1.97 bits per heavy atom. The van der Waals surface area contributed by atoms with E-state index in [1.54, 1.807) is 20.5 Å². The standard InChI is InChI=1S/C46H62N7O7PSi/c1-31(2)53(32(3)4)61(57-27-15-26-47)59-40-38(28-54)58-46(41(40)60-62(10,11)44(5,6)7,52-30-51-39-42(48)49-29-50-43(39)52)45(33-16-13-12-14-17-33,34-18-22-36(55-8)23-19-34)35-20-24-37(56-9)25-21-35/h12-14,16-25,29-32,38,40-41,54H,15,27-28H2,1-11H3,(H2,48,49,50)/t38-,40-,41-,46+,61?/m1/s1. The Labute approximate surface area is 368 Å². The lowest BCUT2D eigenvalue weighted by atomic mass is 9.60. The number of aliphatic hydroxyl groups excluding tert-OH is 1. The quantitative estimate of drug-likeness (QED) is 0.0372. The molecule has 0 amide bonds. The molecule has 1 unspecified atom stereocenters. The van der Waals surface area contributed by atoms with Crippen LogP contribution in [0, 0.1) is 11.3 Å². The van der Waals surface area contributed by atoms with Crippen molar-refractivity contribution in [1.82, 2.24) is 24.2 Å². The number of methoxy groups -OCH3 is 2. The lowest BCUT2D eigenvalue weighted by Gasteiger charge is -2.54. The minimum absolute atomic E-state index is 0.0121. The van der Waals surface area contributed by atoms with Crippen LogP contribution in [0.4, 0.5) is 5.82 Å². The molecule has 0 aliphatic carbocycles. The van der Waals surface area contributed by atoms with E-state index >= 15 is 0 Å². The number of benzene rings is 3. The molecular formula is C46H62N7O7PSi. The van der Waals surface area contributed by atoms with Gasteiger partial charge in [-0.1, -0.05) is 75.4 Å². The molecule has 1 aliphatic rings. The summed E-state index contributed by atoms with van der Waals surface area (Å²) in [7, 11) is -1.47. The zero-order valence-corrected chi connectivity index (χ0v) is 39.7. The highest BCUT2D eigenvalue weighted by molar-refractivity contribution is 7.44. The van der Waals surface area contributed by atoms with Gasteiger partial charge in [0.25, 0.3) is 8.53 Å². The Kier molecular flexibility index (Phi) is 14.5. The third-order valence-corrected chi connectivity index (χ3v) is 18.8. The van der Waals surface area contributed by atoms with E-state index in [0.29, 0.717) is 22.7 Å². The maximum absolute atomic E-state index is 11.8. The van der Waals surface area contributed by atoms with E-state index in [1.165, 1.54) is 6.33 Å². The minimum atomic E-state index is -2.86. The summed E-state index contributed by atoms with van der Waals surface area (Å²) >= 11 is 0. The van der Waals surface area contributed by atoms with E-state index in [9.17, 15) is 10.4 Å². The van der Waals surface area contributed by atoms with Gasteiger partial charge in [-0.15, -0.1) is 0 Å². The first-order valence-corrected chi connectivity index (χ1v) is 25.1. The minimum Gasteiger partial charge on any atom is -0.497 e. The number of nitrogen functional groups attached to an aromatic ring is 1. The molecule has 0 bridgehead atoms. The molecule has 14 nitrogen and oxygen atoms in total. The lowest BCUT2D eigenvalue weighted by molar-refractivity contribution is -0.172. The Morgan fingerprint density at radius 1 is 0.903 bits per heavy atom. The molecule has 0 saturated carbocycles. The summed E-state index contributed by atoms with van der Waals surface area (Å²) in [5.41, 5.74) is 6.68. The predicted molar refractivity (Wildman–Crippen MR) is 244 cm³/mol. The van der Waals surface area contributed by atoms with Crippen molar-refractivity contribution in [3.63, 3.8) is 0 Å². The second-order valence-electron chi connectivity index (χ2n) is 17.6. The third-order valence-electron chi connectivity index (χ3n) is 12.2. The number of rotatable bonds is 18. The molecule has 6 rings (SSSR count). The highest BCUT2D eigenvalue weighted by atomic mass is 31.2. The van der Waals surface area contributed by atoms with Gasteiger partial charge in [-0.3, -0.25) is 4.57 Å². The summed E-state index contributed by atoms with van der Waals surface area (Å²) in [5.74, 6) is 1.51. The molecular weight excluding hydrogens is 822 g/mol. The number of aliphatic hydroxyl groups is 1. The van der Waals surface area contributed by atoms with Crippen LogP contribution in [0.25, 0.3) is 11.2 Å². The Morgan fingerprint density at radius 2 is 1.47 bits per heavy atom. The SMILES string of the molecule is COc1ccc(C(c2ccccc2)(c2ccc(OC)cc2)[C@@]2(n3cnc4c(N)ncnc43)O[C@H](CO)[C@@H](OP(OCCC#N)N(C(C)C)C(C)C)[C@H]2O[Si](C)(C)C(C)(C)C)cc1. The average molecular weight is 884 g/mol. The Hall–Kier alpha value is -4.49. The zero-order chi connectivity index (χ0) is 45.0. The maximum Gasteiger partial charge on any atom is 0.259 e. The van der Waals surface area contributed by atoms with Gasteiger partial charge in [0.2, 0.25) is 0 Å². The fourth-order valence-corrected chi connectivity index (χ4v) is 11.4. The van der Waals surface area contributed by atoms with Gasteiger partial charge < -0.3 is 38.5 Å². The van der Waals surface area contributed by atoms with Gasteiger partial charge in [0, 0.05) is 12.1 Å². The Balaban J connectivity index is 1.84. The number of hydrogen-bond donors (Lipinski definition) is 2. The summed E-state index contributed by atoms with van der Waals surface area (Å²) in [6.45, 7) is 19.0. The molecule has 1 fully saturated rings. The van der Waals surface area contributed by atoms with Gasteiger partial charge in [0.15, 0.2) is 25.5 Å². The van der Waals surface area contributed by atoms with Crippen LogP contribution in [0.3, 0.4) is 0 Å². The molecule has 1 saturated heterocycles. The van der Waals surface area contributed by atoms with Crippen LogP contribution in [0.1, 0.15) is 71.6 Å². The van der Waals surface area contributed by atoms with Crippen molar-refractivity contribution >= 4 is 33.8 Å². The van der Waals surface area contributed by atoms with Gasteiger partial charge in [0.1, 0.15) is 41.7 Å². The molecule has 5 aromatic rings. The summed E-state index contributed by atoms with van der Waals surface area (Å²) in [6, 6.07) is 28.2. The summed E-state index contributed by atoms with van der Waals surface area (Å²) in [6.07, 6.45) is 0.254. The first-order chi connectivity index (χ1) is 29.5. The van der Waals surface area contributed by atoms with Gasteiger partial charge in [-0.05, 0) is 86.8 Å². The molecule has 2 aromatic heterocycles. The number of hydrogen-bond acceptors (Lipinski definition) is 13. The van der Waals surface area contributed by atoms with Crippen molar-refractivity contribution in [2.24, 2.45) is 0 Å². The highest BCUT2D eigenvalue weighted by Crippen LogP contribution is 2.62. The fourth-order valence-electron chi connectivity index (χ4n) is 8.35. The van der Waals surface area contributed by atoms with Gasteiger partial charge in [-0.25, -0.2) is 19.6 Å². The average Bonchev–Trinajstić information content (AvgIpc) is 3.82. The lowest BCUT2D eigenvalue weighted by Crippen LogP contribution is -2.64. The number of ether oxygens (including phenoxy) is 3. The summed E-state index contributed by atoms with van der Waals surface area (Å²) in [5, 5.41) is 21.1. The molecule has 62 heavy (non-hydrogen) atoms. The van der Waals surface area contributed by atoms with Crippen molar-refractivity contribution in [2.45, 2.75) is 115 Å². The number of nitrogens with two attached hydrogens (primary N) is 1. The van der Waals surface area contributed by atoms with E-state index in [2.05, 4.69) is 89.4 Å². The number of nitriles is 1. The monoisotopic (exact) mass is 883 g/mol. The predicted octanol–water partition coefficient (Wildman–Crippen LogP) is 8.56. The van der Waals surface area contributed by atoms with Gasteiger partial charge >= 0.3 is 0 Å². The van der Waals surface area contributed by atoms with Crippen LogP contribution in [-0.4, -0.2) is 95.4 Å². The van der Waals surface area contributed by atoms with Crippen molar-refractivity contribution in [3.8, 4) is 17.6 Å². The molecule has 1 aliphatic heterocycles. The van der Waals surface area contributed by atoms with Crippen molar-refractivity contribution < 1.29 is 32.8 Å². The van der Waals surface area contributed by atoms with E-state index in [-0.39, 0.29) is 36.0 Å². The van der Waals surface area contributed by atoms with Crippen LogP contribution >= 0.6 is 8.53 Å². The second kappa shape index (κ2) is 19.1. The molecule has 16 heteroatoms. The zero-order valence-electron chi connectivity index (χ0n) is 37.8. The smallest absolute Gasteiger partial charge is 0.259 e. The molecule has 3 aromatic carbocycles. The highest BCUT2D eigenvalue weighted by Gasteiger charge is 2.71. The van der Waals surface area contributed by atoms with E-state index in [4.69, 9.17) is 43.4 Å². The van der Waals surface area contributed by atoms with Crippen LogP contribution < -0.4 is 15.2 Å². The number of fused-ring (bicyclic) bond motifs is 1. The van der Waals surface area contributed by atoms with Crippen LogP contribution in [0.15, 0.2) is 91.5 Å². The first kappa shape index (κ1) is 47.0. The first-order valence-electron chi connectivity index (χ1n) is 21.0. The number of anilines is 1. The molecule has 332 valence electrons. The number of imidazole rings is 1. The van der Waals surface area contributed by atoms with Gasteiger partial charge in [-0.2, -0.15) is 5.26 Å². The summed E-state index contributed by atoms with van der Waals surface area (Å²) in [4.78, 5) is 14.1. The normalized spacial score (nSPS) is 20.3. The van der Waals surface area contributed by atoms with E-state index in [0.717, 1.165) is 16.7 Å². The second-order valence-corrected chi connectivity index (χ2v) is 23.7. The summed E-state index contributed by atoms with van der Waals surface area (Å²) < 4.78 is 45.3. The number of nitrogens with zero attached hydrogens (tertiary/aromatic N) is 6. The molecule has 3 heterocycles. The third kappa shape index (κ3) is 8.47. The number of aromatic nitrogens is 4. The molecule has 3 N–H and O–H groups in total. The molecule has 5 atom stereocenters. The maximum atomic E-state index is 11.8. The largest absolute Gasteiger partial charge is 0.497 e. The Bertz CT molecular complexity index is 2230. The van der Waals surface area contributed by atoms with Crippen LogP contribution in [0.2, 0.25) is 18.1 Å². The van der Waals surface area contributed by atoms with Crippen molar-refractivity contribution in [3.05, 3.63) is 108 Å². The van der Waals surface area contributed by atoms with Crippen LogP contribution in [0.5, 0.6) is 11.5 Å². The molecule has 0 spiro atoms. The molecule has 0 radical (unpaired) electrons. The fraction of sp³-hybridized carbons (Fsp3) is 0.478. The van der Waals surface area contributed by atoms with Gasteiger partial charge in [0.05, 0.1) is 51.7 Å². The van der Waals surface area contributed by atoms with E-state index < -0.39 is 52.9 Å². The van der Waals surface area contributed by atoms with Crippen LogP contribution in [-0.2, 0) is 29.4 Å². The topological polar surface area (TPSA) is 172 Å².